The minimum absolute atomic E-state index is 0.287. The number of aryl methyl sites for hydroxylation is 1. The van der Waals surface area contributed by atoms with Gasteiger partial charge < -0.3 is 4.74 Å². The van der Waals surface area contributed by atoms with Crippen LogP contribution in [0.15, 0.2) is 18.7 Å². The number of pyridine rings is 1. The zero-order valence-corrected chi connectivity index (χ0v) is 10.5. The van der Waals surface area contributed by atoms with Crippen LogP contribution in [0.2, 0.25) is 0 Å². The molecule has 1 heterocycles. The van der Waals surface area contributed by atoms with Crippen LogP contribution in [0.3, 0.4) is 0 Å². The molecule has 0 fully saturated rings. The first-order chi connectivity index (χ1) is 8.63. The molecule has 0 saturated carbocycles. The van der Waals surface area contributed by atoms with Crippen molar-refractivity contribution in [2.75, 3.05) is 18.5 Å². The van der Waals surface area contributed by atoms with Gasteiger partial charge in [-0.2, -0.15) is 5.26 Å². The van der Waals surface area contributed by atoms with Crippen LogP contribution in [0, 0.1) is 18.3 Å². The van der Waals surface area contributed by atoms with Crippen molar-refractivity contribution in [2.24, 2.45) is 0 Å². The normalized spacial score (nSPS) is 9.39. The summed E-state index contributed by atoms with van der Waals surface area (Å²) in [5, 5.41) is 12.0. The van der Waals surface area contributed by atoms with Crippen molar-refractivity contribution < 1.29 is 14.5 Å². The van der Waals surface area contributed by atoms with Crippen LogP contribution in [0.4, 0.5) is 5.82 Å². The van der Waals surface area contributed by atoms with Gasteiger partial charge in [-0.15, -0.1) is 0 Å². The summed E-state index contributed by atoms with van der Waals surface area (Å²) < 4.78 is 4.95. The summed E-state index contributed by atoms with van der Waals surface area (Å²) in [5.41, 5.74) is 1.43. The fraction of sp³-hybridized carbons (Fsp3) is 0.308. The number of carbonyl (C=O) groups excluding carboxylic acids is 1. The average Bonchev–Trinajstić information content (AvgIpc) is 2.36. The number of H-pyrrole nitrogens is 1. The quantitative estimate of drug-likeness (QED) is 0.630. The van der Waals surface area contributed by atoms with E-state index in [4.69, 9.17) is 10.00 Å². The average molecular weight is 246 g/mol. The molecule has 0 unspecified atom stereocenters. The summed E-state index contributed by atoms with van der Waals surface area (Å²) in [6, 6.07) is 3.55. The van der Waals surface area contributed by atoms with Crippen LogP contribution in [-0.2, 0) is 4.74 Å². The Hall–Kier alpha value is -2.35. The molecule has 2 N–H and O–H groups in total. The summed E-state index contributed by atoms with van der Waals surface area (Å²) in [5.74, 6) is 0.0710. The van der Waals surface area contributed by atoms with Gasteiger partial charge in [0.05, 0.1) is 12.2 Å². The summed E-state index contributed by atoms with van der Waals surface area (Å²) >= 11 is 0. The highest BCUT2D eigenvalue weighted by molar-refractivity contribution is 5.94. The monoisotopic (exact) mass is 246 g/mol. The van der Waals surface area contributed by atoms with Gasteiger partial charge in [-0.1, -0.05) is 12.7 Å². The summed E-state index contributed by atoms with van der Waals surface area (Å²) in [6.07, 6.45) is 1.68. The maximum absolute atomic E-state index is 11.8. The number of hydrogen-bond acceptors (Lipinski definition) is 4. The van der Waals surface area contributed by atoms with E-state index >= 15 is 0 Å². The Morgan fingerprint density at radius 1 is 1.72 bits per heavy atom. The minimum atomic E-state index is -0.461. The molecule has 0 amide bonds. The van der Waals surface area contributed by atoms with Gasteiger partial charge in [0.2, 0.25) is 0 Å². The molecule has 1 rings (SSSR count). The van der Waals surface area contributed by atoms with E-state index in [-0.39, 0.29) is 6.61 Å². The van der Waals surface area contributed by atoms with Gasteiger partial charge in [0.1, 0.15) is 23.9 Å². The minimum Gasteiger partial charge on any atom is -0.462 e. The first-order valence-corrected chi connectivity index (χ1v) is 5.63. The van der Waals surface area contributed by atoms with Gasteiger partial charge in [0, 0.05) is 0 Å². The Bertz CT molecular complexity index is 504. The highest BCUT2D eigenvalue weighted by Gasteiger charge is 2.21. The van der Waals surface area contributed by atoms with E-state index in [1.807, 2.05) is 6.07 Å². The molecule has 0 aliphatic carbocycles. The lowest BCUT2D eigenvalue weighted by Crippen LogP contribution is -2.23. The number of aromatic amines is 1. The van der Waals surface area contributed by atoms with Crippen LogP contribution in [0.1, 0.15) is 28.5 Å². The molecule has 0 aromatic carbocycles. The second kappa shape index (κ2) is 6.40. The topological polar surface area (TPSA) is 76.3 Å². The molecular formula is C13H16N3O2+. The predicted octanol–water partition coefficient (Wildman–Crippen LogP) is 1.46. The van der Waals surface area contributed by atoms with E-state index in [1.165, 1.54) is 6.07 Å². The van der Waals surface area contributed by atoms with E-state index in [2.05, 4.69) is 16.9 Å². The SMILES string of the molecule is C=CCNc1[nH+]c(C)c(C#N)cc1C(=O)OCC. The van der Waals surface area contributed by atoms with Gasteiger partial charge in [0.25, 0.3) is 5.82 Å². The molecule has 0 aliphatic heterocycles. The predicted molar refractivity (Wildman–Crippen MR) is 67.1 cm³/mol. The molecule has 1 aromatic rings. The second-order valence-corrected chi connectivity index (χ2v) is 3.60. The molecule has 5 nitrogen and oxygen atoms in total. The third kappa shape index (κ3) is 3.08. The molecule has 0 atom stereocenters. The number of nitriles is 1. The van der Waals surface area contributed by atoms with Crippen LogP contribution < -0.4 is 10.3 Å². The van der Waals surface area contributed by atoms with Crippen LogP contribution in [-0.4, -0.2) is 19.1 Å². The van der Waals surface area contributed by atoms with Gasteiger partial charge in [-0.3, -0.25) is 5.32 Å². The standard InChI is InChI=1S/C13H15N3O2/c1-4-6-15-12-11(13(17)18-5-2)7-10(8-14)9(3)16-12/h4,7H,1,5-6H2,2-3H3,(H,15,16)/p+1. The number of ether oxygens (including phenoxy) is 1. The molecule has 0 radical (unpaired) electrons. The molecule has 18 heavy (non-hydrogen) atoms. The smallest absolute Gasteiger partial charge is 0.346 e. The van der Waals surface area contributed by atoms with Crippen molar-refractivity contribution in [3.8, 4) is 6.07 Å². The van der Waals surface area contributed by atoms with Gasteiger partial charge >= 0.3 is 5.97 Å². The Labute approximate surface area is 106 Å². The largest absolute Gasteiger partial charge is 0.462 e. The fourth-order valence-corrected chi connectivity index (χ4v) is 1.45. The van der Waals surface area contributed by atoms with Gasteiger partial charge in [-0.05, 0) is 19.9 Å². The highest BCUT2D eigenvalue weighted by atomic mass is 16.5. The maximum Gasteiger partial charge on any atom is 0.346 e. The number of esters is 1. The van der Waals surface area contributed by atoms with E-state index in [0.717, 1.165) is 0 Å². The molecule has 94 valence electrons. The first kappa shape index (κ1) is 13.7. The van der Waals surface area contributed by atoms with Crippen LogP contribution in [0.5, 0.6) is 0 Å². The third-order valence-corrected chi connectivity index (χ3v) is 2.31. The number of anilines is 1. The Morgan fingerprint density at radius 3 is 3.00 bits per heavy atom. The van der Waals surface area contributed by atoms with Gasteiger partial charge in [-0.25, -0.2) is 9.78 Å². The fourth-order valence-electron chi connectivity index (χ4n) is 1.45. The lowest BCUT2D eigenvalue weighted by Gasteiger charge is -2.06. The number of nitrogens with zero attached hydrogens (tertiary/aromatic N) is 1. The second-order valence-electron chi connectivity index (χ2n) is 3.60. The Morgan fingerprint density at radius 2 is 2.44 bits per heavy atom. The van der Waals surface area contributed by atoms with Crippen molar-refractivity contribution in [3.05, 3.63) is 35.5 Å². The molecule has 1 aromatic heterocycles. The number of aromatic nitrogens is 1. The summed E-state index contributed by atoms with van der Waals surface area (Å²) in [4.78, 5) is 14.8. The van der Waals surface area contributed by atoms with Crippen molar-refractivity contribution in [2.45, 2.75) is 13.8 Å². The molecule has 0 saturated heterocycles. The summed E-state index contributed by atoms with van der Waals surface area (Å²) in [7, 11) is 0. The first-order valence-electron chi connectivity index (χ1n) is 5.63. The third-order valence-electron chi connectivity index (χ3n) is 2.31. The number of nitrogens with one attached hydrogen (secondary N) is 2. The zero-order chi connectivity index (χ0) is 13.5. The highest BCUT2D eigenvalue weighted by Crippen LogP contribution is 2.14. The lowest BCUT2D eigenvalue weighted by atomic mass is 10.1. The maximum atomic E-state index is 11.8. The summed E-state index contributed by atoms with van der Waals surface area (Å²) in [6.45, 7) is 7.90. The van der Waals surface area contributed by atoms with Crippen molar-refractivity contribution in [3.63, 3.8) is 0 Å². The molecule has 0 spiro atoms. The Kier molecular flexibility index (Phi) is 4.88. The van der Waals surface area contributed by atoms with Crippen LogP contribution >= 0.6 is 0 Å². The lowest BCUT2D eigenvalue weighted by molar-refractivity contribution is -0.371. The number of carbonyl (C=O) groups is 1. The Balaban J connectivity index is 3.21. The van der Waals surface area contributed by atoms with E-state index in [0.29, 0.717) is 29.2 Å². The molecule has 0 aliphatic rings. The number of hydrogen-bond donors (Lipinski definition) is 1. The zero-order valence-electron chi connectivity index (χ0n) is 10.5. The van der Waals surface area contributed by atoms with Crippen molar-refractivity contribution >= 4 is 11.8 Å². The van der Waals surface area contributed by atoms with Crippen LogP contribution in [0.25, 0.3) is 0 Å². The molecule has 0 bridgehead atoms. The van der Waals surface area contributed by atoms with Gasteiger partial charge in [0.15, 0.2) is 0 Å². The van der Waals surface area contributed by atoms with E-state index < -0.39 is 5.97 Å². The van der Waals surface area contributed by atoms with Crippen molar-refractivity contribution in [1.29, 1.82) is 5.26 Å². The van der Waals surface area contributed by atoms with E-state index in [1.54, 1.807) is 19.9 Å². The molecule has 5 heteroatoms. The van der Waals surface area contributed by atoms with E-state index in [9.17, 15) is 4.79 Å². The van der Waals surface area contributed by atoms with Crippen molar-refractivity contribution in [1.82, 2.24) is 0 Å². The molecular weight excluding hydrogens is 230 g/mol. The number of rotatable bonds is 5.